The minimum absolute atomic E-state index is 0.0782. The maximum atomic E-state index is 13.2. The van der Waals surface area contributed by atoms with Gasteiger partial charge in [-0.3, -0.25) is 9.79 Å². The Labute approximate surface area is 190 Å². The molecule has 9 heteroatoms. The average Bonchev–Trinajstić information content (AvgIpc) is 2.80. The Hall–Kier alpha value is -3.95. The highest BCUT2D eigenvalue weighted by Gasteiger charge is 2.16. The van der Waals surface area contributed by atoms with Gasteiger partial charge in [0.25, 0.3) is 5.56 Å². The SMILES string of the molecule is CCOc1ccc(-n2c(O)c(C=Nc3cccc(S(N)(=O)=O)c3)c3ccccc3c2=O)cc1. The molecule has 3 N–H and O–H groups in total. The summed E-state index contributed by atoms with van der Waals surface area (Å²) in [6.07, 6.45) is 1.39. The van der Waals surface area contributed by atoms with Gasteiger partial charge in [0, 0.05) is 17.0 Å². The fourth-order valence-electron chi connectivity index (χ4n) is 3.47. The number of hydrogen-bond acceptors (Lipinski definition) is 6. The van der Waals surface area contributed by atoms with Crippen molar-refractivity contribution in [3.05, 3.63) is 88.7 Å². The van der Waals surface area contributed by atoms with E-state index in [4.69, 9.17) is 9.88 Å². The highest BCUT2D eigenvalue weighted by Crippen LogP contribution is 2.27. The Balaban J connectivity index is 1.88. The van der Waals surface area contributed by atoms with Crippen molar-refractivity contribution >= 4 is 32.7 Å². The second kappa shape index (κ2) is 8.89. The maximum Gasteiger partial charge on any atom is 0.265 e. The number of hydrogen-bond donors (Lipinski definition) is 2. The van der Waals surface area contributed by atoms with Crippen molar-refractivity contribution < 1.29 is 18.3 Å². The number of sulfonamides is 1. The zero-order valence-electron chi connectivity index (χ0n) is 17.7. The molecule has 33 heavy (non-hydrogen) atoms. The third-order valence-electron chi connectivity index (χ3n) is 5.00. The molecular weight excluding hydrogens is 442 g/mol. The molecule has 0 aliphatic carbocycles. The van der Waals surface area contributed by atoms with Gasteiger partial charge in [-0.2, -0.15) is 0 Å². The number of pyridine rings is 1. The second-order valence-corrected chi connectivity index (χ2v) is 8.71. The number of rotatable bonds is 6. The summed E-state index contributed by atoms with van der Waals surface area (Å²) in [6, 6.07) is 19.5. The van der Waals surface area contributed by atoms with Crippen molar-refractivity contribution in [2.45, 2.75) is 11.8 Å². The molecule has 4 aromatic rings. The molecule has 0 bridgehead atoms. The zero-order chi connectivity index (χ0) is 23.6. The van der Waals surface area contributed by atoms with E-state index < -0.39 is 10.0 Å². The number of nitrogens with zero attached hydrogens (tertiary/aromatic N) is 2. The molecular formula is C24H21N3O5S. The van der Waals surface area contributed by atoms with Crippen molar-refractivity contribution in [2.75, 3.05) is 6.61 Å². The number of nitrogens with two attached hydrogens (primary N) is 1. The van der Waals surface area contributed by atoms with Gasteiger partial charge >= 0.3 is 0 Å². The van der Waals surface area contributed by atoms with Crippen LogP contribution in [0.5, 0.6) is 11.6 Å². The average molecular weight is 464 g/mol. The first kappa shape index (κ1) is 22.3. The summed E-state index contributed by atoms with van der Waals surface area (Å²) < 4.78 is 29.9. The molecule has 0 spiro atoms. The predicted molar refractivity (Wildman–Crippen MR) is 127 cm³/mol. The van der Waals surface area contributed by atoms with Crippen molar-refractivity contribution in [3.63, 3.8) is 0 Å². The zero-order valence-corrected chi connectivity index (χ0v) is 18.5. The summed E-state index contributed by atoms with van der Waals surface area (Å²) in [5.74, 6) is 0.348. The van der Waals surface area contributed by atoms with Crippen LogP contribution in [-0.2, 0) is 10.0 Å². The summed E-state index contributed by atoms with van der Waals surface area (Å²) in [4.78, 5) is 17.4. The van der Waals surface area contributed by atoms with E-state index >= 15 is 0 Å². The van der Waals surface area contributed by atoms with Crippen molar-refractivity contribution in [3.8, 4) is 17.3 Å². The Morgan fingerprint density at radius 3 is 2.39 bits per heavy atom. The molecule has 0 aliphatic heterocycles. The standard InChI is InChI=1S/C24H21N3O5S/c1-2-32-18-12-10-17(11-13-18)27-23(28)21-9-4-3-8-20(21)22(24(27)29)15-26-16-6-5-7-19(14-16)33(25,30)31/h3-15,29H,2H2,1H3,(H2,25,30,31). The van der Waals surface area contributed by atoms with E-state index in [0.717, 1.165) is 0 Å². The van der Waals surface area contributed by atoms with Crippen LogP contribution in [0.2, 0.25) is 0 Å². The summed E-state index contributed by atoms with van der Waals surface area (Å²) in [7, 11) is -3.89. The lowest BCUT2D eigenvalue weighted by Gasteiger charge is -2.14. The predicted octanol–water partition coefficient (Wildman–Crippen LogP) is 3.49. The molecule has 0 radical (unpaired) electrons. The fraction of sp³-hybridized carbons (Fsp3) is 0.0833. The molecule has 1 aromatic heterocycles. The van der Waals surface area contributed by atoms with Gasteiger partial charge in [0.15, 0.2) is 0 Å². The number of primary sulfonamides is 1. The summed E-state index contributed by atoms with van der Waals surface area (Å²) in [5, 5.41) is 17.2. The van der Waals surface area contributed by atoms with Crippen LogP contribution >= 0.6 is 0 Å². The number of aromatic hydroxyl groups is 1. The van der Waals surface area contributed by atoms with E-state index in [0.29, 0.717) is 40.1 Å². The topological polar surface area (TPSA) is 124 Å². The van der Waals surface area contributed by atoms with Gasteiger partial charge < -0.3 is 9.84 Å². The molecule has 0 saturated carbocycles. The molecule has 0 saturated heterocycles. The summed E-state index contributed by atoms with van der Waals surface area (Å²) in [6.45, 7) is 2.38. The third-order valence-corrected chi connectivity index (χ3v) is 5.91. The number of benzene rings is 3. The molecule has 0 aliphatic rings. The van der Waals surface area contributed by atoms with E-state index in [1.807, 2.05) is 6.92 Å². The molecule has 0 unspecified atom stereocenters. The van der Waals surface area contributed by atoms with E-state index in [1.54, 1.807) is 54.6 Å². The lowest BCUT2D eigenvalue weighted by molar-refractivity contribution is 0.340. The number of aliphatic imine (C=N–C) groups is 1. The largest absolute Gasteiger partial charge is 0.494 e. The molecule has 8 nitrogen and oxygen atoms in total. The minimum Gasteiger partial charge on any atom is -0.494 e. The Bertz CT molecular complexity index is 1520. The van der Waals surface area contributed by atoms with Crippen LogP contribution in [-0.4, -0.2) is 30.9 Å². The van der Waals surface area contributed by atoms with Gasteiger partial charge in [0.2, 0.25) is 15.9 Å². The third kappa shape index (κ3) is 4.50. The van der Waals surface area contributed by atoms with E-state index in [-0.39, 0.29) is 16.3 Å². The molecule has 4 rings (SSSR count). The highest BCUT2D eigenvalue weighted by molar-refractivity contribution is 7.89. The van der Waals surface area contributed by atoms with Crippen molar-refractivity contribution in [2.24, 2.45) is 10.1 Å². The molecule has 0 amide bonds. The van der Waals surface area contributed by atoms with E-state index in [2.05, 4.69) is 4.99 Å². The number of ether oxygens (including phenoxy) is 1. The van der Waals surface area contributed by atoms with Gasteiger partial charge in [-0.25, -0.2) is 18.1 Å². The van der Waals surface area contributed by atoms with Gasteiger partial charge in [-0.1, -0.05) is 24.3 Å². The lowest BCUT2D eigenvalue weighted by atomic mass is 10.1. The van der Waals surface area contributed by atoms with Crippen LogP contribution in [0, 0.1) is 0 Å². The maximum absolute atomic E-state index is 13.2. The number of aromatic nitrogens is 1. The van der Waals surface area contributed by atoms with Crippen LogP contribution in [0.1, 0.15) is 12.5 Å². The minimum atomic E-state index is -3.89. The quantitative estimate of drug-likeness (QED) is 0.424. The summed E-state index contributed by atoms with van der Waals surface area (Å²) >= 11 is 0. The van der Waals surface area contributed by atoms with Crippen molar-refractivity contribution in [1.29, 1.82) is 0 Å². The number of fused-ring (bicyclic) bond motifs is 1. The van der Waals surface area contributed by atoms with Gasteiger partial charge in [-0.05, 0) is 55.5 Å². The monoisotopic (exact) mass is 463 g/mol. The van der Waals surface area contributed by atoms with E-state index in [1.165, 1.54) is 29.0 Å². The van der Waals surface area contributed by atoms with E-state index in [9.17, 15) is 18.3 Å². The molecule has 0 fully saturated rings. The van der Waals surface area contributed by atoms with Gasteiger partial charge in [-0.15, -0.1) is 0 Å². The van der Waals surface area contributed by atoms with Crippen LogP contribution in [0.25, 0.3) is 16.5 Å². The second-order valence-electron chi connectivity index (χ2n) is 7.15. The Morgan fingerprint density at radius 2 is 1.73 bits per heavy atom. The first-order chi connectivity index (χ1) is 15.8. The van der Waals surface area contributed by atoms with Crippen LogP contribution < -0.4 is 15.4 Å². The van der Waals surface area contributed by atoms with Gasteiger partial charge in [0.1, 0.15) is 5.75 Å². The van der Waals surface area contributed by atoms with Crippen LogP contribution in [0.4, 0.5) is 5.69 Å². The lowest BCUT2D eigenvalue weighted by Crippen LogP contribution is -2.20. The smallest absolute Gasteiger partial charge is 0.265 e. The first-order valence-corrected chi connectivity index (χ1v) is 11.6. The molecule has 1 heterocycles. The molecule has 0 atom stereocenters. The Kier molecular flexibility index (Phi) is 5.99. The molecule has 3 aromatic carbocycles. The van der Waals surface area contributed by atoms with Crippen LogP contribution in [0.3, 0.4) is 0 Å². The summed E-state index contributed by atoms with van der Waals surface area (Å²) in [5.41, 5.74) is 0.696. The normalized spacial score (nSPS) is 11.8. The fourth-order valence-corrected chi connectivity index (χ4v) is 4.02. The highest BCUT2D eigenvalue weighted by atomic mass is 32.2. The Morgan fingerprint density at radius 1 is 1.03 bits per heavy atom. The molecule has 168 valence electrons. The van der Waals surface area contributed by atoms with Crippen LogP contribution in [0.15, 0.2) is 87.5 Å². The van der Waals surface area contributed by atoms with Crippen molar-refractivity contribution in [1.82, 2.24) is 4.57 Å². The van der Waals surface area contributed by atoms with Gasteiger partial charge in [0.05, 0.1) is 28.4 Å². The first-order valence-electron chi connectivity index (χ1n) is 10.1.